The zero-order valence-electron chi connectivity index (χ0n) is 11.7. The van der Waals surface area contributed by atoms with Gasteiger partial charge in [0.1, 0.15) is 0 Å². The highest BCUT2D eigenvalue weighted by Crippen LogP contribution is 2.37. The quantitative estimate of drug-likeness (QED) is 0.775. The van der Waals surface area contributed by atoms with Crippen LogP contribution >= 0.6 is 0 Å². The van der Waals surface area contributed by atoms with Crippen LogP contribution in [0.2, 0.25) is 0 Å². The van der Waals surface area contributed by atoms with E-state index in [2.05, 4.69) is 6.07 Å². The molecule has 2 nitrogen and oxygen atoms in total. The molecule has 2 aromatic rings. The second kappa shape index (κ2) is 5.71. The van der Waals surface area contributed by atoms with Crippen LogP contribution in [0.4, 0.5) is 0 Å². The van der Waals surface area contributed by atoms with E-state index in [9.17, 15) is 10.1 Å². The molecule has 100 valence electrons. The topological polar surface area (TPSA) is 40.9 Å². The van der Waals surface area contributed by atoms with Crippen LogP contribution in [0.1, 0.15) is 35.7 Å². The number of nitriles is 1. The largest absolute Gasteiger partial charge is 0.294 e. The first kappa shape index (κ1) is 14.0. The molecule has 0 amide bonds. The highest BCUT2D eigenvalue weighted by molar-refractivity contribution is 6.00. The average Bonchev–Trinajstić information content (AvgIpc) is 2.49. The Balaban J connectivity index is 2.38. The van der Waals surface area contributed by atoms with Crippen LogP contribution in [0.15, 0.2) is 60.7 Å². The minimum absolute atomic E-state index is 0.00602. The number of ketones is 1. The summed E-state index contributed by atoms with van der Waals surface area (Å²) in [6.07, 6.45) is 0. The molecule has 2 heteroatoms. The molecule has 0 aliphatic carbocycles. The van der Waals surface area contributed by atoms with Gasteiger partial charge in [0.25, 0.3) is 0 Å². The van der Waals surface area contributed by atoms with Gasteiger partial charge in [-0.05, 0) is 5.56 Å². The van der Waals surface area contributed by atoms with Crippen LogP contribution in [0.3, 0.4) is 0 Å². The Labute approximate surface area is 119 Å². The molecule has 1 atom stereocenters. The van der Waals surface area contributed by atoms with Crippen LogP contribution < -0.4 is 0 Å². The molecule has 0 aliphatic heterocycles. The highest BCUT2D eigenvalue weighted by atomic mass is 16.1. The summed E-state index contributed by atoms with van der Waals surface area (Å²) in [6, 6.07) is 20.9. The number of benzene rings is 2. The fourth-order valence-corrected chi connectivity index (χ4v) is 2.39. The number of rotatable bonds is 4. The van der Waals surface area contributed by atoms with E-state index in [1.807, 2.05) is 62.4 Å². The molecule has 2 aromatic carbocycles. The van der Waals surface area contributed by atoms with Crippen molar-refractivity contribution in [1.29, 1.82) is 5.26 Å². The second-order valence-electron chi connectivity index (χ2n) is 5.39. The van der Waals surface area contributed by atoms with Gasteiger partial charge in [-0.1, -0.05) is 74.5 Å². The summed E-state index contributed by atoms with van der Waals surface area (Å²) < 4.78 is 0. The standard InChI is InChI=1S/C18H17NO/c1-18(2,17(20)15-11-7-4-8-12-15)16(13-19)14-9-5-3-6-10-14/h3-12,16H,1-2H3. The number of Topliss-reactive ketones (excluding diaryl/α,β-unsaturated/α-hetero) is 1. The molecule has 0 bridgehead atoms. The predicted octanol–water partition coefficient (Wildman–Crippen LogP) is 4.20. The van der Waals surface area contributed by atoms with Crippen molar-refractivity contribution < 1.29 is 4.79 Å². The summed E-state index contributed by atoms with van der Waals surface area (Å²) in [6.45, 7) is 3.67. The minimum atomic E-state index is -0.766. The molecular formula is C18H17NO. The third-order valence-electron chi connectivity index (χ3n) is 3.60. The number of hydrogen-bond acceptors (Lipinski definition) is 2. The van der Waals surface area contributed by atoms with Gasteiger partial charge in [0.15, 0.2) is 5.78 Å². The molecule has 0 saturated heterocycles. The van der Waals surface area contributed by atoms with Gasteiger partial charge < -0.3 is 0 Å². The summed E-state index contributed by atoms with van der Waals surface area (Å²) >= 11 is 0. The fourth-order valence-electron chi connectivity index (χ4n) is 2.39. The molecule has 0 fully saturated rings. The van der Waals surface area contributed by atoms with Crippen LogP contribution in [-0.4, -0.2) is 5.78 Å². The lowest BCUT2D eigenvalue weighted by molar-refractivity contribution is 0.0822. The van der Waals surface area contributed by atoms with E-state index in [0.717, 1.165) is 5.56 Å². The minimum Gasteiger partial charge on any atom is -0.294 e. The summed E-state index contributed by atoms with van der Waals surface area (Å²) in [5.41, 5.74) is 0.759. The van der Waals surface area contributed by atoms with Crippen molar-refractivity contribution in [2.75, 3.05) is 0 Å². The molecule has 0 aliphatic rings. The maximum Gasteiger partial charge on any atom is 0.170 e. The van der Waals surface area contributed by atoms with Gasteiger partial charge in [0, 0.05) is 11.0 Å². The van der Waals surface area contributed by atoms with Crippen molar-refractivity contribution in [2.24, 2.45) is 5.41 Å². The first-order valence-electron chi connectivity index (χ1n) is 6.62. The zero-order chi connectivity index (χ0) is 14.6. The summed E-state index contributed by atoms with van der Waals surface area (Å²) in [5.74, 6) is -0.468. The lowest BCUT2D eigenvalue weighted by Gasteiger charge is -2.28. The molecular weight excluding hydrogens is 246 g/mol. The smallest absolute Gasteiger partial charge is 0.170 e. The SMILES string of the molecule is CC(C)(C(=O)c1ccccc1)C(C#N)c1ccccc1. The molecule has 0 aromatic heterocycles. The molecule has 1 unspecified atom stereocenters. The first-order valence-corrected chi connectivity index (χ1v) is 6.62. The molecule has 2 rings (SSSR count). The number of nitrogens with zero attached hydrogens (tertiary/aromatic N) is 1. The van der Waals surface area contributed by atoms with E-state index < -0.39 is 11.3 Å². The van der Waals surface area contributed by atoms with Crippen molar-refractivity contribution in [3.05, 3.63) is 71.8 Å². The lowest BCUT2D eigenvalue weighted by Crippen LogP contribution is -2.31. The van der Waals surface area contributed by atoms with Gasteiger partial charge in [0.2, 0.25) is 0 Å². The van der Waals surface area contributed by atoms with Gasteiger partial charge in [-0.15, -0.1) is 0 Å². The van der Waals surface area contributed by atoms with Crippen LogP contribution in [0.5, 0.6) is 0 Å². The van der Waals surface area contributed by atoms with Gasteiger partial charge >= 0.3 is 0 Å². The van der Waals surface area contributed by atoms with Gasteiger partial charge in [-0.25, -0.2) is 0 Å². The van der Waals surface area contributed by atoms with Crippen LogP contribution in [-0.2, 0) is 0 Å². The third-order valence-corrected chi connectivity index (χ3v) is 3.60. The Morgan fingerprint density at radius 3 is 2.00 bits per heavy atom. The Morgan fingerprint density at radius 2 is 1.50 bits per heavy atom. The summed E-state index contributed by atoms with van der Waals surface area (Å²) in [7, 11) is 0. The number of hydrogen-bond donors (Lipinski definition) is 0. The maximum absolute atomic E-state index is 12.7. The van der Waals surface area contributed by atoms with E-state index in [-0.39, 0.29) is 5.78 Å². The second-order valence-corrected chi connectivity index (χ2v) is 5.39. The maximum atomic E-state index is 12.7. The van der Waals surface area contributed by atoms with Gasteiger partial charge in [0.05, 0.1) is 12.0 Å². The molecule has 0 spiro atoms. The molecule has 20 heavy (non-hydrogen) atoms. The van der Waals surface area contributed by atoms with E-state index >= 15 is 0 Å². The Kier molecular flexibility index (Phi) is 4.00. The van der Waals surface area contributed by atoms with Crippen molar-refractivity contribution in [3.63, 3.8) is 0 Å². The van der Waals surface area contributed by atoms with Crippen molar-refractivity contribution >= 4 is 5.78 Å². The molecule has 0 radical (unpaired) electrons. The van der Waals surface area contributed by atoms with E-state index in [1.165, 1.54) is 0 Å². The highest BCUT2D eigenvalue weighted by Gasteiger charge is 2.38. The van der Waals surface area contributed by atoms with Crippen LogP contribution in [0, 0.1) is 16.7 Å². The first-order chi connectivity index (χ1) is 9.57. The van der Waals surface area contributed by atoms with Crippen molar-refractivity contribution in [1.82, 2.24) is 0 Å². The predicted molar refractivity (Wildman–Crippen MR) is 79.3 cm³/mol. The van der Waals surface area contributed by atoms with Gasteiger partial charge in [-0.3, -0.25) is 4.79 Å². The number of carbonyl (C=O) groups is 1. The van der Waals surface area contributed by atoms with Crippen molar-refractivity contribution in [3.8, 4) is 6.07 Å². The van der Waals surface area contributed by atoms with E-state index in [0.29, 0.717) is 5.56 Å². The summed E-state index contributed by atoms with van der Waals surface area (Å²) in [4.78, 5) is 12.7. The molecule has 0 saturated carbocycles. The lowest BCUT2D eigenvalue weighted by atomic mass is 9.71. The fraction of sp³-hybridized carbons (Fsp3) is 0.222. The number of carbonyl (C=O) groups excluding carboxylic acids is 1. The Hall–Kier alpha value is -2.40. The molecule has 0 heterocycles. The normalized spacial score (nSPS) is 12.4. The van der Waals surface area contributed by atoms with Crippen LogP contribution in [0.25, 0.3) is 0 Å². The van der Waals surface area contributed by atoms with E-state index in [1.54, 1.807) is 12.1 Å². The Bertz CT molecular complexity index is 623. The zero-order valence-corrected chi connectivity index (χ0v) is 11.7. The average molecular weight is 263 g/mol. The van der Waals surface area contributed by atoms with Crippen molar-refractivity contribution in [2.45, 2.75) is 19.8 Å². The Morgan fingerprint density at radius 1 is 1.00 bits per heavy atom. The third kappa shape index (κ3) is 2.62. The molecule has 0 N–H and O–H groups in total. The summed E-state index contributed by atoms with van der Waals surface area (Å²) in [5, 5.41) is 9.51. The van der Waals surface area contributed by atoms with Gasteiger partial charge in [-0.2, -0.15) is 5.26 Å². The monoisotopic (exact) mass is 263 g/mol. The van der Waals surface area contributed by atoms with E-state index in [4.69, 9.17) is 0 Å².